The molecule has 0 radical (unpaired) electrons. The highest BCUT2D eigenvalue weighted by Crippen LogP contribution is 2.21. The predicted octanol–water partition coefficient (Wildman–Crippen LogP) is 3.23. The smallest absolute Gasteiger partial charge is 0.243 e. The molecule has 27 heavy (non-hydrogen) atoms. The molecule has 3 aromatic rings. The average Bonchev–Trinajstić information content (AvgIpc) is 3.16. The van der Waals surface area contributed by atoms with Crippen LogP contribution in [0.1, 0.15) is 12.0 Å². The summed E-state index contributed by atoms with van der Waals surface area (Å²) >= 11 is 0. The van der Waals surface area contributed by atoms with Crippen LogP contribution < -0.4 is 10.1 Å². The number of ether oxygens (including phenoxy) is 1. The van der Waals surface area contributed by atoms with E-state index in [1.54, 1.807) is 13.3 Å². The quantitative estimate of drug-likeness (QED) is 0.727. The van der Waals surface area contributed by atoms with Crippen molar-refractivity contribution in [2.24, 2.45) is 0 Å². The second-order valence-electron chi connectivity index (χ2n) is 6.74. The van der Waals surface area contributed by atoms with E-state index in [2.05, 4.69) is 55.7 Å². The Morgan fingerprint density at radius 3 is 2.70 bits per heavy atom. The third kappa shape index (κ3) is 4.41. The van der Waals surface area contributed by atoms with E-state index in [1.807, 2.05) is 24.3 Å². The second-order valence-corrected chi connectivity index (χ2v) is 6.74. The Bertz CT molecular complexity index is 869. The summed E-state index contributed by atoms with van der Waals surface area (Å²) in [7, 11) is 1.66. The van der Waals surface area contributed by atoms with E-state index >= 15 is 0 Å². The number of nitrogens with zero attached hydrogens (tertiary/aromatic N) is 4. The molecule has 2 heterocycles. The maximum absolute atomic E-state index is 5.20. The predicted molar refractivity (Wildman–Crippen MR) is 106 cm³/mol. The lowest BCUT2D eigenvalue weighted by molar-refractivity contribution is 0.328. The van der Waals surface area contributed by atoms with Crippen molar-refractivity contribution < 1.29 is 4.74 Å². The zero-order valence-corrected chi connectivity index (χ0v) is 15.4. The summed E-state index contributed by atoms with van der Waals surface area (Å²) in [6, 6.07) is 18.7. The molecule has 0 saturated carbocycles. The minimum atomic E-state index is 0.335. The normalized spacial score (nSPS) is 17.0. The molecule has 0 amide bonds. The van der Waals surface area contributed by atoms with Crippen molar-refractivity contribution in [2.75, 3.05) is 25.5 Å². The van der Waals surface area contributed by atoms with Crippen LogP contribution in [0.4, 0.5) is 5.95 Å². The largest absolute Gasteiger partial charge is 0.497 e. The van der Waals surface area contributed by atoms with E-state index in [4.69, 9.17) is 4.74 Å². The number of rotatable bonds is 6. The number of hydrogen-bond donors (Lipinski definition) is 1. The lowest BCUT2D eigenvalue weighted by atomic mass is 10.1. The summed E-state index contributed by atoms with van der Waals surface area (Å²) in [6.45, 7) is 3.02. The van der Waals surface area contributed by atoms with Crippen LogP contribution in [0.25, 0.3) is 11.3 Å². The molecule has 0 bridgehead atoms. The molecule has 6 heteroatoms. The molecular formula is C21H23N5O. The van der Waals surface area contributed by atoms with Crippen molar-refractivity contribution in [1.82, 2.24) is 20.1 Å². The standard InChI is InChI=1S/C21H23N5O/c1-27-19-9-7-17(8-10-19)20-13-22-25-21(24-20)23-18-11-12-26(15-18)14-16-5-3-2-4-6-16/h2-10,13,18H,11-12,14-15H2,1H3,(H,23,24,25). The van der Waals surface area contributed by atoms with E-state index in [9.17, 15) is 0 Å². The van der Waals surface area contributed by atoms with Gasteiger partial charge < -0.3 is 10.1 Å². The zero-order chi connectivity index (χ0) is 18.5. The van der Waals surface area contributed by atoms with Crippen LogP contribution in [0.3, 0.4) is 0 Å². The molecule has 1 atom stereocenters. The van der Waals surface area contributed by atoms with Gasteiger partial charge in [-0.05, 0) is 36.2 Å². The monoisotopic (exact) mass is 361 g/mol. The van der Waals surface area contributed by atoms with Crippen molar-refractivity contribution >= 4 is 5.95 Å². The van der Waals surface area contributed by atoms with Gasteiger partial charge in [-0.15, -0.1) is 5.10 Å². The van der Waals surface area contributed by atoms with Crippen molar-refractivity contribution in [2.45, 2.75) is 19.0 Å². The van der Waals surface area contributed by atoms with Gasteiger partial charge in [-0.25, -0.2) is 4.98 Å². The van der Waals surface area contributed by atoms with E-state index in [0.717, 1.165) is 43.1 Å². The Morgan fingerprint density at radius 1 is 1.11 bits per heavy atom. The first-order chi connectivity index (χ1) is 13.3. The van der Waals surface area contributed by atoms with Crippen molar-refractivity contribution in [3.63, 3.8) is 0 Å². The highest BCUT2D eigenvalue weighted by Gasteiger charge is 2.23. The molecule has 4 rings (SSSR count). The van der Waals surface area contributed by atoms with Gasteiger partial charge in [0.2, 0.25) is 5.95 Å². The van der Waals surface area contributed by atoms with E-state index in [0.29, 0.717) is 12.0 Å². The third-order valence-electron chi connectivity index (χ3n) is 4.80. The minimum Gasteiger partial charge on any atom is -0.497 e. The number of methoxy groups -OCH3 is 1. The maximum Gasteiger partial charge on any atom is 0.243 e. The van der Waals surface area contributed by atoms with E-state index < -0.39 is 0 Å². The average molecular weight is 361 g/mol. The van der Waals surface area contributed by atoms with Crippen molar-refractivity contribution in [3.8, 4) is 17.0 Å². The Morgan fingerprint density at radius 2 is 1.93 bits per heavy atom. The highest BCUT2D eigenvalue weighted by molar-refractivity contribution is 5.60. The van der Waals surface area contributed by atoms with Gasteiger partial charge in [0, 0.05) is 31.2 Å². The molecule has 1 saturated heterocycles. The van der Waals surface area contributed by atoms with Gasteiger partial charge >= 0.3 is 0 Å². The van der Waals surface area contributed by atoms with Gasteiger partial charge in [0.25, 0.3) is 0 Å². The van der Waals surface area contributed by atoms with Crippen LogP contribution in [-0.4, -0.2) is 46.3 Å². The number of benzene rings is 2. The maximum atomic E-state index is 5.20. The van der Waals surface area contributed by atoms with Crippen LogP contribution in [-0.2, 0) is 6.54 Å². The molecule has 6 nitrogen and oxygen atoms in total. The molecular weight excluding hydrogens is 338 g/mol. The fourth-order valence-electron chi connectivity index (χ4n) is 3.38. The number of likely N-dealkylation sites (tertiary alicyclic amines) is 1. The fraction of sp³-hybridized carbons (Fsp3) is 0.286. The van der Waals surface area contributed by atoms with Crippen molar-refractivity contribution in [1.29, 1.82) is 0 Å². The molecule has 0 spiro atoms. The first-order valence-electron chi connectivity index (χ1n) is 9.17. The minimum absolute atomic E-state index is 0.335. The van der Waals surface area contributed by atoms with Gasteiger partial charge in [-0.1, -0.05) is 30.3 Å². The zero-order valence-electron chi connectivity index (χ0n) is 15.4. The van der Waals surface area contributed by atoms with Gasteiger partial charge in [-0.3, -0.25) is 4.90 Å². The molecule has 1 aromatic heterocycles. The topological polar surface area (TPSA) is 63.2 Å². The van der Waals surface area contributed by atoms with Gasteiger partial charge in [0.1, 0.15) is 5.75 Å². The van der Waals surface area contributed by atoms with E-state index in [-0.39, 0.29) is 0 Å². The lowest BCUT2D eigenvalue weighted by Gasteiger charge is -2.16. The second kappa shape index (κ2) is 8.14. The van der Waals surface area contributed by atoms with Crippen LogP contribution in [0, 0.1) is 0 Å². The van der Waals surface area contributed by atoms with Crippen LogP contribution in [0.5, 0.6) is 5.75 Å². The Kier molecular flexibility index (Phi) is 5.25. The lowest BCUT2D eigenvalue weighted by Crippen LogP contribution is -2.26. The van der Waals surface area contributed by atoms with Crippen LogP contribution in [0.15, 0.2) is 60.8 Å². The molecule has 2 aromatic carbocycles. The van der Waals surface area contributed by atoms with Crippen molar-refractivity contribution in [3.05, 3.63) is 66.4 Å². The van der Waals surface area contributed by atoms with E-state index in [1.165, 1.54) is 5.56 Å². The first-order valence-corrected chi connectivity index (χ1v) is 9.17. The summed E-state index contributed by atoms with van der Waals surface area (Å²) in [4.78, 5) is 7.08. The summed E-state index contributed by atoms with van der Waals surface area (Å²) in [5, 5.41) is 11.7. The summed E-state index contributed by atoms with van der Waals surface area (Å²) in [5.74, 6) is 1.40. The third-order valence-corrected chi connectivity index (χ3v) is 4.80. The Labute approximate surface area is 159 Å². The molecule has 1 N–H and O–H groups in total. The first kappa shape index (κ1) is 17.4. The Hall–Kier alpha value is -2.99. The summed E-state index contributed by atoms with van der Waals surface area (Å²) < 4.78 is 5.20. The Balaban J connectivity index is 1.38. The number of aromatic nitrogens is 3. The number of hydrogen-bond acceptors (Lipinski definition) is 6. The molecule has 0 aliphatic carbocycles. The molecule has 1 aliphatic heterocycles. The van der Waals surface area contributed by atoms with Crippen LogP contribution in [0.2, 0.25) is 0 Å². The number of nitrogens with one attached hydrogen (secondary N) is 1. The summed E-state index contributed by atoms with van der Waals surface area (Å²) in [5.41, 5.74) is 3.14. The SMILES string of the molecule is COc1ccc(-c2cnnc(NC3CCN(Cc4ccccc4)C3)n2)cc1. The van der Waals surface area contributed by atoms with Gasteiger partial charge in [-0.2, -0.15) is 5.10 Å². The molecule has 1 aliphatic rings. The van der Waals surface area contributed by atoms with Crippen LogP contribution >= 0.6 is 0 Å². The highest BCUT2D eigenvalue weighted by atomic mass is 16.5. The van der Waals surface area contributed by atoms with Gasteiger partial charge in [0.05, 0.1) is 19.0 Å². The molecule has 1 unspecified atom stereocenters. The fourth-order valence-corrected chi connectivity index (χ4v) is 3.38. The number of anilines is 1. The van der Waals surface area contributed by atoms with Gasteiger partial charge in [0.15, 0.2) is 0 Å². The molecule has 138 valence electrons. The summed E-state index contributed by atoms with van der Waals surface area (Å²) in [6.07, 6.45) is 2.76. The molecule has 1 fully saturated rings.